The predicted molar refractivity (Wildman–Crippen MR) is 132 cm³/mol. The first-order chi connectivity index (χ1) is 16.7. The first-order valence-electron chi connectivity index (χ1n) is 9.78. The monoisotopic (exact) mass is 549 g/mol. The van der Waals surface area contributed by atoms with Crippen molar-refractivity contribution in [2.45, 2.75) is 11.6 Å². The van der Waals surface area contributed by atoms with Crippen molar-refractivity contribution in [3.8, 4) is 28.8 Å². The molecule has 0 radical (unpaired) electrons. The number of thiazole rings is 1. The van der Waals surface area contributed by atoms with E-state index in [1.54, 1.807) is 58.9 Å². The van der Waals surface area contributed by atoms with Crippen LogP contribution in [0.1, 0.15) is 5.56 Å². The van der Waals surface area contributed by atoms with Crippen molar-refractivity contribution in [3.05, 3.63) is 75.6 Å². The molecule has 0 aliphatic rings. The molecule has 4 rings (SSSR count). The quantitative estimate of drug-likeness (QED) is 0.233. The predicted octanol–water partition coefficient (Wildman–Crippen LogP) is 4.94. The van der Waals surface area contributed by atoms with Crippen LogP contribution in [-0.4, -0.2) is 24.1 Å². The van der Waals surface area contributed by atoms with Crippen LogP contribution in [0, 0.1) is 11.3 Å². The summed E-state index contributed by atoms with van der Waals surface area (Å²) >= 11 is 8.58. The van der Waals surface area contributed by atoms with Gasteiger partial charge in [0.15, 0.2) is 4.80 Å². The maximum absolute atomic E-state index is 10.9. The molecule has 180 valence electrons. The third-order valence-electron chi connectivity index (χ3n) is 4.58. The number of nitriles is 1. The molecule has 0 amide bonds. The molecule has 0 atom stereocenters. The molecule has 0 fully saturated rings. The highest BCUT2D eigenvalue weighted by Crippen LogP contribution is 2.37. The molecule has 0 bridgehead atoms. The summed E-state index contributed by atoms with van der Waals surface area (Å²) in [7, 11) is -2.79. The normalized spacial score (nSPS) is 12.0. The average molecular weight is 550 g/mol. The molecule has 0 spiro atoms. The van der Waals surface area contributed by atoms with Gasteiger partial charge in [0.2, 0.25) is 0 Å². The first-order valence-corrected chi connectivity index (χ1v) is 13.3. The van der Waals surface area contributed by atoms with Crippen LogP contribution >= 0.6 is 42.7 Å². The van der Waals surface area contributed by atoms with Gasteiger partial charge in [-0.25, -0.2) is 4.57 Å². The van der Waals surface area contributed by atoms with Gasteiger partial charge >= 0.3 is 7.82 Å². The number of phosphoric acid groups is 1. The minimum Gasteiger partial charge on any atom is -0.455 e. The Morgan fingerprint density at radius 2 is 2.06 bits per heavy atom. The SMILES string of the molecule is Cn1nccc1-c1cc(Cl)ccc1Oc1ccc(SN=c2sccn2COP(=O)(O)O)cc1C#N. The molecule has 2 N–H and O–H groups in total. The summed E-state index contributed by atoms with van der Waals surface area (Å²) in [6, 6.07) is 14.3. The van der Waals surface area contributed by atoms with E-state index in [0.29, 0.717) is 31.8 Å². The maximum Gasteiger partial charge on any atom is 0.471 e. The Kier molecular flexibility index (Phi) is 7.78. The minimum atomic E-state index is -4.60. The lowest BCUT2D eigenvalue weighted by Gasteiger charge is -2.13. The Bertz CT molecular complexity index is 1520. The zero-order chi connectivity index (χ0) is 25.0. The fraction of sp³-hybridized carbons (Fsp3) is 0.0952. The average Bonchev–Trinajstić information content (AvgIpc) is 3.46. The summed E-state index contributed by atoms with van der Waals surface area (Å²) in [5.74, 6) is 0.882. The van der Waals surface area contributed by atoms with E-state index in [4.69, 9.17) is 26.1 Å². The first kappa shape index (κ1) is 25.2. The van der Waals surface area contributed by atoms with Gasteiger partial charge < -0.3 is 14.5 Å². The summed E-state index contributed by atoms with van der Waals surface area (Å²) in [5.41, 5.74) is 1.84. The second kappa shape index (κ2) is 10.8. The summed E-state index contributed by atoms with van der Waals surface area (Å²) in [5, 5.41) is 16.2. The number of benzene rings is 2. The van der Waals surface area contributed by atoms with Gasteiger partial charge in [0.25, 0.3) is 0 Å². The number of nitrogens with zero attached hydrogens (tertiary/aromatic N) is 5. The van der Waals surface area contributed by atoms with Crippen molar-refractivity contribution in [3.63, 3.8) is 0 Å². The molecule has 2 heterocycles. The van der Waals surface area contributed by atoms with E-state index >= 15 is 0 Å². The summed E-state index contributed by atoms with van der Waals surface area (Å²) < 4.78 is 29.1. The number of hydrogen-bond acceptors (Lipinski definition) is 8. The molecular formula is C21H17ClN5O5PS2. The van der Waals surface area contributed by atoms with Gasteiger partial charge in [0, 0.05) is 52.3 Å². The second-order valence-corrected chi connectivity index (χ2v) is 10.3. The van der Waals surface area contributed by atoms with Gasteiger partial charge in [0.05, 0.1) is 11.3 Å². The minimum absolute atomic E-state index is 0.306. The van der Waals surface area contributed by atoms with E-state index in [9.17, 15) is 9.83 Å². The zero-order valence-corrected chi connectivity index (χ0v) is 21.3. The topological polar surface area (TPSA) is 135 Å². The number of aryl methyl sites for hydroxylation is 1. The Hall–Kier alpha value is -2.88. The van der Waals surface area contributed by atoms with Crippen molar-refractivity contribution in [1.82, 2.24) is 14.3 Å². The molecule has 0 saturated carbocycles. The smallest absolute Gasteiger partial charge is 0.455 e. The van der Waals surface area contributed by atoms with Crippen LogP contribution in [0.3, 0.4) is 0 Å². The van der Waals surface area contributed by atoms with Gasteiger partial charge in [-0.2, -0.15) is 14.8 Å². The maximum atomic E-state index is 10.9. The largest absolute Gasteiger partial charge is 0.471 e. The highest BCUT2D eigenvalue weighted by Gasteiger charge is 2.15. The van der Waals surface area contributed by atoms with Crippen molar-refractivity contribution in [2.24, 2.45) is 11.4 Å². The third kappa shape index (κ3) is 6.42. The van der Waals surface area contributed by atoms with Crippen molar-refractivity contribution < 1.29 is 23.6 Å². The number of phosphoric ester groups is 1. The van der Waals surface area contributed by atoms with Crippen LogP contribution in [0.4, 0.5) is 0 Å². The third-order valence-corrected chi connectivity index (χ3v) is 6.91. The number of hydrogen-bond donors (Lipinski definition) is 2. The van der Waals surface area contributed by atoms with E-state index in [2.05, 4.69) is 20.1 Å². The number of halogens is 1. The van der Waals surface area contributed by atoms with Crippen LogP contribution < -0.4 is 9.54 Å². The highest BCUT2D eigenvalue weighted by molar-refractivity contribution is 7.98. The standard InChI is InChI=1S/C21H17ClN5O5PS2/c1-26-18(6-7-24-26)17-11-15(22)2-4-20(17)32-19-5-3-16(10-14(19)12-23)35-25-21-27(8-9-34-21)13-31-33(28,29)30/h2-11H,13H2,1H3,(H2,28,29,30). The fourth-order valence-electron chi connectivity index (χ4n) is 2.99. The summed E-state index contributed by atoms with van der Waals surface area (Å²) in [6.45, 7) is -0.344. The van der Waals surface area contributed by atoms with Gasteiger partial charge in [-0.1, -0.05) is 11.6 Å². The van der Waals surface area contributed by atoms with Crippen molar-refractivity contribution in [2.75, 3.05) is 0 Å². The lowest BCUT2D eigenvalue weighted by molar-refractivity contribution is 0.152. The molecule has 0 aliphatic carbocycles. The molecule has 14 heteroatoms. The Labute approximate surface area is 213 Å². The van der Waals surface area contributed by atoms with Crippen LogP contribution in [-0.2, 0) is 22.9 Å². The fourth-order valence-corrected chi connectivity index (χ4v) is 4.88. The molecule has 2 aromatic carbocycles. The highest BCUT2D eigenvalue weighted by atomic mass is 35.5. The second-order valence-electron chi connectivity index (χ2n) is 6.94. The Morgan fingerprint density at radius 1 is 1.26 bits per heavy atom. The lowest BCUT2D eigenvalue weighted by Crippen LogP contribution is -2.14. The van der Waals surface area contributed by atoms with E-state index in [1.165, 1.54) is 15.9 Å². The Balaban J connectivity index is 1.57. The number of aromatic nitrogens is 3. The number of rotatable bonds is 8. The summed E-state index contributed by atoms with van der Waals surface area (Å²) in [4.78, 5) is 18.9. The van der Waals surface area contributed by atoms with Crippen molar-refractivity contribution >= 4 is 42.7 Å². The molecule has 0 saturated heterocycles. The lowest BCUT2D eigenvalue weighted by atomic mass is 10.1. The Morgan fingerprint density at radius 3 is 2.77 bits per heavy atom. The number of ether oxygens (including phenoxy) is 1. The summed E-state index contributed by atoms with van der Waals surface area (Å²) in [6.07, 6.45) is 3.27. The molecule has 35 heavy (non-hydrogen) atoms. The molecular weight excluding hydrogens is 533 g/mol. The van der Waals surface area contributed by atoms with Gasteiger partial charge in [-0.05, 0) is 42.5 Å². The van der Waals surface area contributed by atoms with Gasteiger partial charge in [-0.15, -0.1) is 11.3 Å². The van der Waals surface area contributed by atoms with Crippen LogP contribution in [0.15, 0.2) is 69.5 Å². The van der Waals surface area contributed by atoms with Crippen LogP contribution in [0.25, 0.3) is 11.3 Å². The molecule has 4 aromatic rings. The molecule has 0 unspecified atom stereocenters. The van der Waals surface area contributed by atoms with Gasteiger partial charge in [-0.3, -0.25) is 13.8 Å². The molecule has 0 aliphatic heterocycles. The van der Waals surface area contributed by atoms with E-state index < -0.39 is 7.82 Å². The molecule has 10 nitrogen and oxygen atoms in total. The van der Waals surface area contributed by atoms with Gasteiger partial charge in [0.1, 0.15) is 24.3 Å². The van der Waals surface area contributed by atoms with E-state index in [0.717, 1.165) is 23.2 Å². The van der Waals surface area contributed by atoms with E-state index in [-0.39, 0.29) is 6.73 Å². The van der Waals surface area contributed by atoms with E-state index in [1.807, 2.05) is 13.1 Å². The zero-order valence-electron chi connectivity index (χ0n) is 18.0. The van der Waals surface area contributed by atoms with Crippen LogP contribution in [0.5, 0.6) is 11.5 Å². The van der Waals surface area contributed by atoms with Crippen LogP contribution in [0.2, 0.25) is 5.02 Å². The van der Waals surface area contributed by atoms with Crippen molar-refractivity contribution in [1.29, 1.82) is 5.26 Å². The molecule has 2 aromatic heterocycles.